The number of aliphatic carboxylic acids is 3. The number of unbranched alkanes of at least 4 members (excludes halogenated alkanes) is 2. The van der Waals surface area contributed by atoms with Crippen molar-refractivity contribution in [1.29, 1.82) is 0 Å². The molecule has 476 valence electrons. The lowest BCUT2D eigenvalue weighted by Gasteiger charge is -2.28. The number of carbonyl (C=O) groups is 12. The molecule has 0 saturated carbocycles. The van der Waals surface area contributed by atoms with Crippen LogP contribution >= 0.6 is 0 Å². The molecule has 0 bridgehead atoms. The van der Waals surface area contributed by atoms with Crippen molar-refractivity contribution in [3.8, 4) is 17.2 Å². The standard InChI is InChI=1S/C57H80N12O18/c1-31(49(78)67-44(29-33-10-16-36(71)17-11-33)55(84)64-39(7-3-5-27-59)51(80)66-42(57(86)87)22-25-48(76)77)62-54(83)43(28-32-8-14-35(70)15-9-32)68-52(81)40(20-23-46(61)73)65-56(85)45(30-34-12-18-37(72)19-13-34)69-53(82)41(21-24-47(74)75)63-50(79)38(60)6-2-4-26-58/h8-19,31,38-45,70-72H,2-7,20-30,58-60H2,1H3,(H2,61,73)(H,62,83)(H,63,79)(H,64,84)(H,65,85)(H,66,80)(H,67,78)(H,68,81)(H,69,82)(H,74,75)(H,76,77)(H,86,87). The minimum atomic E-state index is -1.71. The van der Waals surface area contributed by atoms with E-state index in [-0.39, 0.29) is 62.3 Å². The molecule has 3 rings (SSSR count). The molecule has 0 aliphatic rings. The summed E-state index contributed by atoms with van der Waals surface area (Å²) < 4.78 is 0. The number of hydrogen-bond acceptors (Lipinski definition) is 18. The number of amides is 9. The molecule has 0 aliphatic heterocycles. The van der Waals surface area contributed by atoms with Crippen LogP contribution in [0.5, 0.6) is 17.2 Å². The molecule has 22 N–H and O–H groups in total. The van der Waals surface area contributed by atoms with Gasteiger partial charge in [-0.3, -0.25) is 52.7 Å². The van der Waals surface area contributed by atoms with E-state index in [4.69, 9.17) is 28.0 Å². The molecule has 30 nitrogen and oxygen atoms in total. The highest BCUT2D eigenvalue weighted by Gasteiger charge is 2.35. The summed E-state index contributed by atoms with van der Waals surface area (Å²) in [6.45, 7) is 1.74. The van der Waals surface area contributed by atoms with Crippen LogP contribution in [0.1, 0.15) is 101 Å². The van der Waals surface area contributed by atoms with Gasteiger partial charge in [-0.25, -0.2) is 4.79 Å². The molecule has 0 radical (unpaired) electrons. The predicted octanol–water partition coefficient (Wildman–Crippen LogP) is -2.61. The molecule has 3 aromatic carbocycles. The van der Waals surface area contributed by atoms with Crippen LogP contribution in [0.15, 0.2) is 72.8 Å². The van der Waals surface area contributed by atoms with Crippen LogP contribution in [0, 0.1) is 0 Å². The molecule has 9 unspecified atom stereocenters. The maximum absolute atomic E-state index is 14.5. The Balaban J connectivity index is 1.99. The van der Waals surface area contributed by atoms with Crippen LogP contribution < -0.4 is 65.5 Å². The maximum Gasteiger partial charge on any atom is 0.326 e. The summed E-state index contributed by atoms with van der Waals surface area (Å²) in [4.78, 5) is 159. The fourth-order valence-corrected chi connectivity index (χ4v) is 8.57. The largest absolute Gasteiger partial charge is 0.508 e. The lowest BCUT2D eigenvalue weighted by atomic mass is 10.0. The first-order valence-electron chi connectivity index (χ1n) is 28.1. The average molecular weight is 1220 g/mol. The summed E-state index contributed by atoms with van der Waals surface area (Å²) in [6, 6.07) is 2.49. The van der Waals surface area contributed by atoms with Crippen molar-refractivity contribution in [1.82, 2.24) is 42.5 Å². The molecule has 0 aromatic heterocycles. The Hall–Kier alpha value is -9.42. The first kappa shape index (κ1) is 71.8. The number of nitrogens with one attached hydrogen (secondary N) is 8. The molecule has 0 aliphatic carbocycles. The molecule has 30 heteroatoms. The average Bonchev–Trinajstić information content (AvgIpc) is 3.07. The van der Waals surface area contributed by atoms with E-state index in [1.54, 1.807) is 0 Å². The van der Waals surface area contributed by atoms with E-state index < -0.39 is 164 Å². The molecule has 3 aromatic rings. The molecule has 87 heavy (non-hydrogen) atoms. The topological polar surface area (TPSA) is 527 Å². The maximum atomic E-state index is 14.5. The summed E-state index contributed by atoms with van der Waals surface area (Å²) in [6.07, 6.45) is -2.40. The van der Waals surface area contributed by atoms with Gasteiger partial charge in [0.2, 0.25) is 53.2 Å². The van der Waals surface area contributed by atoms with E-state index in [1.165, 1.54) is 79.7 Å². The summed E-state index contributed by atoms with van der Waals surface area (Å²) in [5.74, 6) is -13.5. The highest BCUT2D eigenvalue weighted by atomic mass is 16.4. The molecule has 0 saturated heterocycles. The molecule has 9 atom stereocenters. The van der Waals surface area contributed by atoms with E-state index in [0.717, 1.165) is 0 Å². The van der Waals surface area contributed by atoms with Gasteiger partial charge in [0.25, 0.3) is 0 Å². The fraction of sp³-hybridized carbons (Fsp3) is 0.474. The fourth-order valence-electron chi connectivity index (χ4n) is 8.57. The third-order valence-electron chi connectivity index (χ3n) is 13.5. The van der Waals surface area contributed by atoms with Gasteiger partial charge < -0.3 is 96.1 Å². The first-order chi connectivity index (χ1) is 41.2. The molecular formula is C57H80N12O18. The van der Waals surface area contributed by atoms with E-state index >= 15 is 0 Å². The van der Waals surface area contributed by atoms with Crippen LogP contribution in [-0.4, -0.2) is 169 Å². The second kappa shape index (κ2) is 37.1. The number of phenols is 3. The Bertz CT molecular complexity index is 2820. The number of hydrogen-bond donors (Lipinski definition) is 18. The van der Waals surface area contributed by atoms with Crippen molar-refractivity contribution in [3.63, 3.8) is 0 Å². The number of nitrogens with two attached hydrogens (primary N) is 4. The normalized spacial score (nSPS) is 14.1. The Kier molecular flexibility index (Phi) is 30.6. The second-order valence-corrected chi connectivity index (χ2v) is 20.7. The van der Waals surface area contributed by atoms with Gasteiger partial charge in [0.15, 0.2) is 0 Å². The van der Waals surface area contributed by atoms with Gasteiger partial charge >= 0.3 is 17.9 Å². The van der Waals surface area contributed by atoms with E-state index in [1.807, 2.05) is 0 Å². The Morgan fingerprint density at radius 2 is 0.678 bits per heavy atom. The van der Waals surface area contributed by atoms with Gasteiger partial charge in [-0.1, -0.05) is 42.8 Å². The number of aromatic hydroxyl groups is 3. The summed E-state index contributed by atoms with van der Waals surface area (Å²) >= 11 is 0. The van der Waals surface area contributed by atoms with Crippen molar-refractivity contribution < 1.29 is 88.2 Å². The number of carboxylic acid groups (broad SMARTS) is 3. The summed E-state index contributed by atoms with van der Waals surface area (Å²) in [5.41, 5.74) is 23.8. The highest BCUT2D eigenvalue weighted by molar-refractivity contribution is 5.98. The van der Waals surface area contributed by atoms with Gasteiger partial charge in [0, 0.05) is 38.5 Å². The summed E-state index contributed by atoms with van der Waals surface area (Å²) in [5, 5.41) is 78.0. The second-order valence-electron chi connectivity index (χ2n) is 20.7. The van der Waals surface area contributed by atoms with Crippen molar-refractivity contribution in [3.05, 3.63) is 89.5 Å². The smallest absolute Gasteiger partial charge is 0.326 e. The van der Waals surface area contributed by atoms with Gasteiger partial charge in [-0.15, -0.1) is 0 Å². The number of carboxylic acids is 3. The van der Waals surface area contributed by atoms with Gasteiger partial charge in [0.05, 0.1) is 6.04 Å². The SMILES string of the molecule is CC(NC(=O)C(Cc1ccc(O)cc1)NC(=O)C(CCC(N)=O)NC(=O)C(Cc1ccc(O)cc1)NC(=O)C(CCC(=O)O)NC(=O)C(N)CCCCN)C(=O)NC(Cc1ccc(O)cc1)C(=O)NC(CCCCN)C(=O)NC(CCC(=O)O)C(=O)O. The van der Waals surface area contributed by atoms with Crippen LogP contribution in [0.3, 0.4) is 0 Å². The Morgan fingerprint density at radius 1 is 0.379 bits per heavy atom. The third kappa shape index (κ3) is 27.0. The molecular weight excluding hydrogens is 1140 g/mol. The minimum absolute atomic E-state index is 0.0746. The van der Waals surface area contributed by atoms with Gasteiger partial charge in [-0.05, 0) is 124 Å². The van der Waals surface area contributed by atoms with Crippen LogP contribution in [0.4, 0.5) is 0 Å². The van der Waals surface area contributed by atoms with Crippen molar-refractivity contribution in [2.24, 2.45) is 22.9 Å². The Morgan fingerprint density at radius 3 is 1.05 bits per heavy atom. The third-order valence-corrected chi connectivity index (χ3v) is 13.5. The zero-order chi connectivity index (χ0) is 64.8. The molecule has 0 heterocycles. The number of rotatable bonds is 40. The lowest BCUT2D eigenvalue weighted by Crippen LogP contribution is -2.60. The quantitative estimate of drug-likeness (QED) is 0.0260. The zero-order valence-electron chi connectivity index (χ0n) is 48.0. The van der Waals surface area contributed by atoms with Gasteiger partial charge in [-0.2, -0.15) is 0 Å². The van der Waals surface area contributed by atoms with Gasteiger partial charge in [0.1, 0.15) is 65.6 Å². The van der Waals surface area contributed by atoms with Crippen LogP contribution in [0.25, 0.3) is 0 Å². The molecule has 9 amide bonds. The Labute approximate surface area is 500 Å². The van der Waals surface area contributed by atoms with Crippen LogP contribution in [0.2, 0.25) is 0 Å². The van der Waals surface area contributed by atoms with E-state index in [9.17, 15) is 83.1 Å². The number of benzene rings is 3. The predicted molar refractivity (Wildman–Crippen MR) is 310 cm³/mol. The van der Waals surface area contributed by atoms with Crippen molar-refractivity contribution >= 4 is 71.1 Å². The number of phenolic OH excluding ortho intramolecular Hbond substituents is 3. The first-order valence-corrected chi connectivity index (χ1v) is 28.1. The lowest BCUT2D eigenvalue weighted by molar-refractivity contribution is -0.143. The number of carbonyl (C=O) groups excluding carboxylic acids is 9. The van der Waals surface area contributed by atoms with Crippen molar-refractivity contribution in [2.75, 3.05) is 13.1 Å². The minimum Gasteiger partial charge on any atom is -0.508 e. The molecule has 0 spiro atoms. The zero-order valence-corrected chi connectivity index (χ0v) is 48.0. The number of primary amides is 1. The van der Waals surface area contributed by atoms with Crippen molar-refractivity contribution in [2.45, 2.75) is 158 Å². The van der Waals surface area contributed by atoms with E-state index in [2.05, 4.69) is 42.5 Å². The van der Waals surface area contributed by atoms with Crippen LogP contribution in [-0.2, 0) is 76.8 Å². The highest BCUT2D eigenvalue weighted by Crippen LogP contribution is 2.17. The summed E-state index contributed by atoms with van der Waals surface area (Å²) in [7, 11) is 0. The van der Waals surface area contributed by atoms with E-state index in [0.29, 0.717) is 42.5 Å². The molecule has 0 fully saturated rings. The monoisotopic (exact) mass is 1220 g/mol.